The van der Waals surface area contributed by atoms with Crippen LogP contribution in [0.5, 0.6) is 0 Å². The third-order valence-electron chi connectivity index (χ3n) is 2.70. The molecule has 0 heterocycles. The van der Waals surface area contributed by atoms with E-state index in [2.05, 4.69) is 17.3 Å². The summed E-state index contributed by atoms with van der Waals surface area (Å²) < 4.78 is 0. The molecule has 4 N–H and O–H groups in total. The second kappa shape index (κ2) is 7.18. The number of Topliss-reactive ketones (excluding diaryl/α,β-unsaturated/α-hetero) is 1. The predicted molar refractivity (Wildman–Crippen MR) is 79.7 cm³/mol. The monoisotopic (exact) mass is 257 g/mol. The maximum Gasteiger partial charge on any atom is 0.192 e. The van der Waals surface area contributed by atoms with Crippen molar-refractivity contribution in [3.8, 4) is 0 Å². The summed E-state index contributed by atoms with van der Waals surface area (Å²) in [5.74, 6) is 5.03. The molecule has 0 aromatic heterocycles. The number of nitrogens with two attached hydrogens (primary N) is 1. The molecular formula is C15H19N3O. The molecule has 0 fully saturated rings. The van der Waals surface area contributed by atoms with Gasteiger partial charge in [0.2, 0.25) is 0 Å². The minimum absolute atomic E-state index is 0.0834. The van der Waals surface area contributed by atoms with Crippen LogP contribution in [0, 0.1) is 0 Å². The van der Waals surface area contributed by atoms with E-state index in [0.29, 0.717) is 11.1 Å². The first-order valence-corrected chi connectivity index (χ1v) is 5.91. The van der Waals surface area contributed by atoms with Crippen molar-refractivity contribution in [1.29, 1.82) is 0 Å². The number of hydrazine groups is 1. The first-order valence-electron chi connectivity index (χ1n) is 5.91. The maximum absolute atomic E-state index is 12.3. The molecule has 0 saturated heterocycles. The minimum atomic E-state index is -0.0834. The molecule has 0 amide bonds. The molecule has 0 saturated carbocycles. The van der Waals surface area contributed by atoms with E-state index >= 15 is 0 Å². The Morgan fingerprint density at radius 2 is 2.16 bits per heavy atom. The molecule has 100 valence electrons. The van der Waals surface area contributed by atoms with Crippen LogP contribution in [-0.2, 0) is 0 Å². The third kappa shape index (κ3) is 4.12. The van der Waals surface area contributed by atoms with E-state index in [-0.39, 0.29) is 5.78 Å². The fraction of sp³-hybridized carbons (Fsp3) is 0.133. The van der Waals surface area contributed by atoms with Gasteiger partial charge in [-0.1, -0.05) is 24.8 Å². The van der Waals surface area contributed by atoms with E-state index in [4.69, 9.17) is 5.84 Å². The fourth-order valence-electron chi connectivity index (χ4n) is 1.52. The van der Waals surface area contributed by atoms with E-state index in [0.717, 1.165) is 11.3 Å². The van der Waals surface area contributed by atoms with Crippen LogP contribution in [0.3, 0.4) is 0 Å². The summed E-state index contributed by atoms with van der Waals surface area (Å²) in [6, 6.07) is 7.32. The summed E-state index contributed by atoms with van der Waals surface area (Å²) >= 11 is 0. The molecule has 0 spiro atoms. The number of hydrogen-bond donors (Lipinski definition) is 3. The normalized spacial score (nSPS) is 11.4. The molecule has 0 radical (unpaired) electrons. The topological polar surface area (TPSA) is 67.2 Å². The van der Waals surface area contributed by atoms with Crippen molar-refractivity contribution in [3.05, 3.63) is 65.9 Å². The lowest BCUT2D eigenvalue weighted by molar-refractivity contribution is 0.103. The predicted octanol–water partition coefficient (Wildman–Crippen LogP) is 2.39. The Bertz CT molecular complexity index is 530. The van der Waals surface area contributed by atoms with Crippen molar-refractivity contribution in [2.45, 2.75) is 6.92 Å². The van der Waals surface area contributed by atoms with Crippen LogP contribution in [0.25, 0.3) is 0 Å². The highest BCUT2D eigenvalue weighted by atomic mass is 16.1. The summed E-state index contributed by atoms with van der Waals surface area (Å²) in [5, 5.41) is 3.00. The molecule has 0 aliphatic rings. The zero-order valence-corrected chi connectivity index (χ0v) is 11.2. The van der Waals surface area contributed by atoms with Gasteiger partial charge in [0.25, 0.3) is 0 Å². The summed E-state index contributed by atoms with van der Waals surface area (Å²) in [5.41, 5.74) is 5.17. The highest BCUT2D eigenvalue weighted by Crippen LogP contribution is 2.17. The van der Waals surface area contributed by atoms with Gasteiger partial charge in [-0.15, -0.1) is 0 Å². The number of carbonyl (C=O) groups is 1. The molecule has 1 rings (SSSR count). The second-order valence-corrected chi connectivity index (χ2v) is 4.01. The molecule has 0 atom stereocenters. The van der Waals surface area contributed by atoms with Crippen LogP contribution in [0.4, 0.5) is 5.69 Å². The second-order valence-electron chi connectivity index (χ2n) is 4.01. The Morgan fingerprint density at radius 1 is 1.42 bits per heavy atom. The third-order valence-corrected chi connectivity index (χ3v) is 2.70. The SMILES string of the molecule is C=C(C(=O)c1cccc(NC)c1)/C(C)=C/C=C\NN. The Labute approximate surface area is 113 Å². The number of hydrogen-bond acceptors (Lipinski definition) is 4. The van der Waals surface area contributed by atoms with Gasteiger partial charge >= 0.3 is 0 Å². The van der Waals surface area contributed by atoms with Crippen molar-refractivity contribution >= 4 is 11.5 Å². The van der Waals surface area contributed by atoms with Crippen molar-refractivity contribution in [1.82, 2.24) is 5.43 Å². The van der Waals surface area contributed by atoms with Gasteiger partial charge in [-0.3, -0.25) is 10.6 Å². The first kappa shape index (κ1) is 14.7. The number of anilines is 1. The number of allylic oxidation sites excluding steroid dienone is 4. The van der Waals surface area contributed by atoms with Crippen molar-refractivity contribution in [2.24, 2.45) is 5.84 Å². The summed E-state index contributed by atoms with van der Waals surface area (Å²) in [7, 11) is 1.81. The van der Waals surface area contributed by atoms with Gasteiger partial charge in [0.15, 0.2) is 5.78 Å². The molecule has 0 aliphatic carbocycles. The molecule has 0 bridgehead atoms. The lowest BCUT2D eigenvalue weighted by Gasteiger charge is -2.07. The van der Waals surface area contributed by atoms with Gasteiger partial charge in [-0.25, -0.2) is 0 Å². The fourth-order valence-corrected chi connectivity index (χ4v) is 1.52. The standard InChI is InChI=1S/C15H19N3O/c1-11(6-5-9-18-16)12(2)15(19)13-7-4-8-14(10-13)17-3/h4-10,17-18H,2,16H2,1,3H3/b9-5-,11-6+. The Balaban J connectivity index is 2.90. The largest absolute Gasteiger partial charge is 0.388 e. The zero-order valence-electron chi connectivity index (χ0n) is 11.2. The van der Waals surface area contributed by atoms with E-state index in [9.17, 15) is 4.79 Å². The number of nitrogens with one attached hydrogen (secondary N) is 2. The van der Waals surface area contributed by atoms with Crippen LogP contribution >= 0.6 is 0 Å². The number of carbonyl (C=O) groups excluding carboxylic acids is 1. The van der Waals surface area contributed by atoms with Gasteiger partial charge in [0.05, 0.1) is 0 Å². The smallest absolute Gasteiger partial charge is 0.192 e. The highest BCUT2D eigenvalue weighted by Gasteiger charge is 2.11. The molecule has 19 heavy (non-hydrogen) atoms. The number of rotatable bonds is 6. The molecular weight excluding hydrogens is 238 g/mol. The maximum atomic E-state index is 12.3. The Morgan fingerprint density at radius 3 is 2.79 bits per heavy atom. The van der Waals surface area contributed by atoms with Gasteiger partial charge < -0.3 is 10.7 Å². The number of benzene rings is 1. The van der Waals surface area contributed by atoms with Gasteiger partial charge in [0.1, 0.15) is 0 Å². The van der Waals surface area contributed by atoms with Crippen molar-refractivity contribution in [3.63, 3.8) is 0 Å². The number of ketones is 1. The lowest BCUT2D eigenvalue weighted by atomic mass is 9.98. The average Bonchev–Trinajstić information content (AvgIpc) is 2.45. The van der Waals surface area contributed by atoms with E-state index in [1.54, 1.807) is 30.5 Å². The molecule has 4 heteroatoms. The summed E-state index contributed by atoms with van der Waals surface area (Å²) in [6.45, 7) is 5.68. The lowest BCUT2D eigenvalue weighted by Crippen LogP contribution is -2.12. The van der Waals surface area contributed by atoms with Crippen molar-refractivity contribution < 1.29 is 4.79 Å². The van der Waals surface area contributed by atoms with Crippen molar-refractivity contribution in [2.75, 3.05) is 12.4 Å². The molecule has 0 aliphatic heterocycles. The minimum Gasteiger partial charge on any atom is -0.388 e. The highest BCUT2D eigenvalue weighted by molar-refractivity contribution is 6.11. The quantitative estimate of drug-likeness (QED) is 0.241. The molecule has 0 unspecified atom stereocenters. The van der Waals surface area contributed by atoms with Crippen LogP contribution in [0.15, 0.2) is 60.3 Å². The van der Waals surface area contributed by atoms with Gasteiger partial charge in [-0.2, -0.15) is 0 Å². The van der Waals surface area contributed by atoms with Crippen LogP contribution in [-0.4, -0.2) is 12.8 Å². The van der Waals surface area contributed by atoms with Gasteiger partial charge in [0, 0.05) is 30.1 Å². The Hall–Kier alpha value is -2.33. The van der Waals surface area contributed by atoms with Crippen LogP contribution in [0.1, 0.15) is 17.3 Å². The van der Waals surface area contributed by atoms with Gasteiger partial charge in [-0.05, 0) is 30.7 Å². The average molecular weight is 257 g/mol. The first-order chi connectivity index (χ1) is 9.10. The zero-order chi connectivity index (χ0) is 14.3. The molecule has 4 nitrogen and oxygen atoms in total. The van der Waals surface area contributed by atoms with Crippen LogP contribution in [0.2, 0.25) is 0 Å². The molecule has 1 aromatic carbocycles. The van der Waals surface area contributed by atoms with E-state index in [1.807, 2.05) is 26.1 Å². The summed E-state index contributed by atoms with van der Waals surface area (Å²) in [4.78, 5) is 12.3. The van der Waals surface area contributed by atoms with Crippen LogP contribution < -0.4 is 16.6 Å². The summed E-state index contributed by atoms with van der Waals surface area (Å²) in [6.07, 6.45) is 5.07. The Kier molecular flexibility index (Phi) is 5.57. The molecule has 1 aromatic rings. The van der Waals surface area contributed by atoms with E-state index < -0.39 is 0 Å². The van der Waals surface area contributed by atoms with E-state index in [1.165, 1.54) is 0 Å².